The fraction of sp³-hybridized carbons (Fsp3) is 0.217. The summed E-state index contributed by atoms with van der Waals surface area (Å²) in [6.45, 7) is 13.1. The van der Waals surface area contributed by atoms with Gasteiger partial charge < -0.3 is 4.57 Å². The molecule has 1 heterocycles. The fourth-order valence-electron chi connectivity index (χ4n) is 3.01. The molecule has 124 valence electrons. The minimum atomic E-state index is 0.860. The van der Waals surface area contributed by atoms with Crippen molar-refractivity contribution in [1.82, 2.24) is 4.57 Å². The fourth-order valence-corrected chi connectivity index (χ4v) is 3.01. The number of allylic oxidation sites excluding steroid dienone is 1. The van der Waals surface area contributed by atoms with E-state index in [1.807, 2.05) is 19.9 Å². The van der Waals surface area contributed by atoms with E-state index >= 15 is 0 Å². The number of rotatable bonds is 4. The average Bonchev–Trinajstić information content (AvgIpc) is 2.90. The highest BCUT2D eigenvalue weighted by Crippen LogP contribution is 2.30. The number of nitrogens with zero attached hydrogens (tertiary/aromatic N) is 1. The molecule has 0 amide bonds. The van der Waals surface area contributed by atoms with Crippen LogP contribution in [0.25, 0.3) is 23.1 Å². The van der Waals surface area contributed by atoms with Crippen LogP contribution in [0.5, 0.6) is 0 Å². The maximum absolute atomic E-state index is 4.04. The third-order valence-corrected chi connectivity index (χ3v) is 4.01. The summed E-state index contributed by atoms with van der Waals surface area (Å²) < 4.78 is 2.35. The summed E-state index contributed by atoms with van der Waals surface area (Å²) in [5.74, 6) is 0. The molecule has 0 aliphatic rings. The van der Waals surface area contributed by atoms with Gasteiger partial charge in [-0.15, -0.1) is 0 Å². The van der Waals surface area contributed by atoms with Gasteiger partial charge in [0.25, 0.3) is 0 Å². The highest BCUT2D eigenvalue weighted by atomic mass is 15.0. The Bertz CT molecular complexity index is 835. The molecule has 0 unspecified atom stereocenters. The molecule has 3 rings (SSSR count). The molecule has 1 heteroatoms. The minimum absolute atomic E-state index is 0.860. The SMILES string of the molecule is C=Cc1c(/C=C/C)c2cc(C)ccc2n1Cc1ccccc1.CC. The smallest absolute Gasteiger partial charge is 0.0494 e. The van der Waals surface area contributed by atoms with Gasteiger partial charge in [0.15, 0.2) is 0 Å². The van der Waals surface area contributed by atoms with E-state index in [0.29, 0.717) is 0 Å². The third kappa shape index (κ3) is 3.51. The van der Waals surface area contributed by atoms with Crippen LogP contribution >= 0.6 is 0 Å². The van der Waals surface area contributed by atoms with Crippen molar-refractivity contribution in [3.63, 3.8) is 0 Å². The summed E-state index contributed by atoms with van der Waals surface area (Å²) in [5.41, 5.74) is 6.29. The molecule has 1 aromatic heterocycles. The Morgan fingerprint density at radius 3 is 2.38 bits per heavy atom. The second kappa shape index (κ2) is 8.35. The van der Waals surface area contributed by atoms with E-state index in [2.05, 4.69) is 85.7 Å². The molecule has 0 saturated carbocycles. The molecule has 0 aliphatic carbocycles. The molecular weight excluding hydrogens is 290 g/mol. The van der Waals surface area contributed by atoms with Crippen LogP contribution in [-0.2, 0) is 6.54 Å². The van der Waals surface area contributed by atoms with E-state index in [4.69, 9.17) is 0 Å². The predicted octanol–water partition coefficient (Wildman–Crippen LogP) is 6.70. The van der Waals surface area contributed by atoms with Gasteiger partial charge in [0.2, 0.25) is 0 Å². The summed E-state index contributed by atoms with van der Waals surface area (Å²) in [7, 11) is 0. The first-order chi connectivity index (χ1) is 11.7. The molecule has 0 fully saturated rings. The number of benzene rings is 2. The molecule has 0 N–H and O–H groups in total. The number of aromatic nitrogens is 1. The lowest BCUT2D eigenvalue weighted by molar-refractivity contribution is 0.827. The highest BCUT2D eigenvalue weighted by Gasteiger charge is 2.13. The van der Waals surface area contributed by atoms with Crippen molar-refractivity contribution in [3.05, 3.63) is 83.6 Å². The molecule has 0 spiro atoms. The lowest BCUT2D eigenvalue weighted by atomic mass is 10.1. The Morgan fingerprint density at radius 2 is 1.75 bits per heavy atom. The van der Waals surface area contributed by atoms with E-state index in [0.717, 1.165) is 6.54 Å². The van der Waals surface area contributed by atoms with Crippen LogP contribution in [-0.4, -0.2) is 4.57 Å². The van der Waals surface area contributed by atoms with Crippen molar-refractivity contribution < 1.29 is 0 Å². The topological polar surface area (TPSA) is 4.93 Å². The van der Waals surface area contributed by atoms with Gasteiger partial charge in [-0.2, -0.15) is 0 Å². The van der Waals surface area contributed by atoms with Gasteiger partial charge in [-0.25, -0.2) is 0 Å². The van der Waals surface area contributed by atoms with Gasteiger partial charge in [0.05, 0.1) is 0 Å². The summed E-state index contributed by atoms with van der Waals surface area (Å²) in [5, 5.41) is 1.30. The second-order valence-corrected chi connectivity index (χ2v) is 5.60. The van der Waals surface area contributed by atoms with Crippen LogP contribution in [0, 0.1) is 6.92 Å². The summed E-state index contributed by atoms with van der Waals surface area (Å²) >= 11 is 0. The van der Waals surface area contributed by atoms with Gasteiger partial charge in [-0.05, 0) is 37.6 Å². The minimum Gasteiger partial charge on any atom is -0.336 e. The van der Waals surface area contributed by atoms with Crippen molar-refractivity contribution in [2.75, 3.05) is 0 Å². The van der Waals surface area contributed by atoms with Crippen molar-refractivity contribution >= 4 is 23.1 Å². The zero-order chi connectivity index (χ0) is 17.5. The van der Waals surface area contributed by atoms with E-state index < -0.39 is 0 Å². The molecule has 0 saturated heterocycles. The molecule has 0 aliphatic heterocycles. The quantitative estimate of drug-likeness (QED) is 0.504. The standard InChI is InChI=1S/C21H21N.C2H6/c1-4-9-18-19-14-16(3)12-13-21(19)22(20(18)5-2)15-17-10-7-6-8-11-17;1-2/h4-14H,2,15H2,1,3H3;1-2H3/b9-4+;. The zero-order valence-electron chi connectivity index (χ0n) is 15.2. The van der Waals surface area contributed by atoms with Crippen molar-refractivity contribution in [3.8, 4) is 0 Å². The first-order valence-electron chi connectivity index (χ1n) is 8.66. The molecule has 0 atom stereocenters. The molecular formula is C23H27N. The van der Waals surface area contributed by atoms with Crippen LogP contribution in [0.15, 0.2) is 61.2 Å². The van der Waals surface area contributed by atoms with Gasteiger partial charge in [-0.3, -0.25) is 0 Å². The maximum atomic E-state index is 4.04. The maximum Gasteiger partial charge on any atom is 0.0494 e. The van der Waals surface area contributed by atoms with E-state index in [9.17, 15) is 0 Å². The Hall–Kier alpha value is -2.54. The van der Waals surface area contributed by atoms with Gasteiger partial charge in [0.1, 0.15) is 0 Å². The first kappa shape index (κ1) is 17.8. The van der Waals surface area contributed by atoms with Crippen LogP contribution in [0.3, 0.4) is 0 Å². The first-order valence-corrected chi connectivity index (χ1v) is 8.66. The van der Waals surface area contributed by atoms with Gasteiger partial charge in [-0.1, -0.05) is 74.5 Å². The zero-order valence-corrected chi connectivity index (χ0v) is 15.2. The van der Waals surface area contributed by atoms with Crippen molar-refractivity contribution in [2.45, 2.75) is 34.2 Å². The Balaban J connectivity index is 0.00000100. The molecule has 2 aromatic carbocycles. The third-order valence-electron chi connectivity index (χ3n) is 4.01. The summed E-state index contributed by atoms with van der Waals surface area (Å²) in [6, 6.07) is 17.2. The lowest BCUT2D eigenvalue weighted by Crippen LogP contribution is -2.01. The summed E-state index contributed by atoms with van der Waals surface area (Å²) in [4.78, 5) is 0. The molecule has 0 radical (unpaired) electrons. The van der Waals surface area contributed by atoms with Gasteiger partial charge in [0, 0.05) is 28.7 Å². The van der Waals surface area contributed by atoms with Crippen molar-refractivity contribution in [1.29, 1.82) is 0 Å². The number of hydrogen-bond donors (Lipinski definition) is 0. The Kier molecular flexibility index (Phi) is 6.20. The number of fused-ring (bicyclic) bond motifs is 1. The van der Waals surface area contributed by atoms with E-state index in [-0.39, 0.29) is 0 Å². The number of hydrogen-bond acceptors (Lipinski definition) is 0. The lowest BCUT2D eigenvalue weighted by Gasteiger charge is -2.09. The monoisotopic (exact) mass is 317 g/mol. The van der Waals surface area contributed by atoms with Crippen LogP contribution in [0.2, 0.25) is 0 Å². The van der Waals surface area contributed by atoms with Crippen LogP contribution in [0.1, 0.15) is 43.2 Å². The summed E-state index contributed by atoms with van der Waals surface area (Å²) in [6.07, 6.45) is 6.24. The van der Waals surface area contributed by atoms with Crippen molar-refractivity contribution in [2.24, 2.45) is 0 Å². The second-order valence-electron chi connectivity index (χ2n) is 5.60. The highest BCUT2D eigenvalue weighted by molar-refractivity contribution is 5.94. The van der Waals surface area contributed by atoms with E-state index in [1.54, 1.807) is 0 Å². The van der Waals surface area contributed by atoms with Crippen LogP contribution in [0.4, 0.5) is 0 Å². The molecule has 3 aromatic rings. The van der Waals surface area contributed by atoms with Gasteiger partial charge >= 0.3 is 0 Å². The largest absolute Gasteiger partial charge is 0.336 e. The normalized spacial score (nSPS) is 10.7. The molecule has 0 bridgehead atoms. The average molecular weight is 317 g/mol. The molecule has 24 heavy (non-hydrogen) atoms. The molecule has 1 nitrogen and oxygen atoms in total. The van der Waals surface area contributed by atoms with E-state index in [1.165, 1.54) is 33.3 Å². The van der Waals surface area contributed by atoms with Crippen LogP contribution < -0.4 is 0 Å². The Morgan fingerprint density at radius 1 is 1.04 bits per heavy atom. The Labute approximate surface area is 146 Å². The number of aryl methyl sites for hydroxylation is 1. The predicted molar refractivity (Wildman–Crippen MR) is 108 cm³/mol.